The second kappa shape index (κ2) is 19.1. The quantitative estimate of drug-likeness (QED) is 0.135. The summed E-state index contributed by atoms with van der Waals surface area (Å²) in [4.78, 5) is 10.3. The molecule has 2 aliphatic heterocycles. The molecule has 0 spiro atoms. The average molecular weight is 1090 g/mol. The van der Waals surface area contributed by atoms with Crippen LogP contribution in [-0.4, -0.2) is 41.7 Å². The minimum Gasteiger partial charge on any atom is -0.0615 e. The van der Waals surface area contributed by atoms with E-state index < -0.39 is 26.5 Å². The van der Waals surface area contributed by atoms with Gasteiger partial charge in [0.1, 0.15) is 0 Å². The molecule has 5 nitrogen and oxygen atoms in total. The van der Waals surface area contributed by atoms with Gasteiger partial charge in [-0.1, -0.05) is 18.2 Å². The number of hydrogen-bond donors (Lipinski definition) is 0. The Bertz CT molecular complexity index is 3870. The van der Waals surface area contributed by atoms with Gasteiger partial charge in [-0.15, -0.1) is 0 Å². The first-order valence-corrected chi connectivity index (χ1v) is 34.3. The Morgan fingerprint density at radius 2 is 0.526 bits per heavy atom. The molecular weight excluding hydrogens is 1040 g/mol. The number of rotatable bonds is 9. The van der Waals surface area contributed by atoms with Crippen LogP contribution in [0.4, 0.5) is 34.1 Å². The van der Waals surface area contributed by atoms with Crippen LogP contribution in [0.1, 0.15) is 0 Å². The van der Waals surface area contributed by atoms with E-state index in [0.29, 0.717) is 5.82 Å². The van der Waals surface area contributed by atoms with E-state index in [0.717, 1.165) is 39.5 Å². The van der Waals surface area contributed by atoms with E-state index >= 15 is 0 Å². The molecule has 0 unspecified atom stereocenters. The van der Waals surface area contributed by atoms with Gasteiger partial charge in [0, 0.05) is 0 Å². The zero-order chi connectivity index (χ0) is 50.5. The van der Waals surface area contributed by atoms with Crippen molar-refractivity contribution in [2.45, 2.75) is 0 Å². The fraction of sp³-hybridized carbons (Fsp3) is 0. The molecule has 7 heteroatoms. The van der Waals surface area contributed by atoms with Crippen molar-refractivity contribution in [2.24, 2.45) is 0 Å². The molecular formula is C69H49Ge2N5. The molecule has 14 rings (SSSR count). The van der Waals surface area contributed by atoms with Crippen molar-refractivity contribution < 1.29 is 0 Å². The van der Waals surface area contributed by atoms with Crippen LogP contribution in [-0.2, 0) is 0 Å². The summed E-state index contributed by atoms with van der Waals surface area (Å²) in [5, 5.41) is 9.82. The van der Waals surface area contributed by atoms with Crippen LogP contribution in [0.15, 0.2) is 297 Å². The minimum absolute atomic E-state index is 0.580. The van der Waals surface area contributed by atoms with Gasteiger partial charge in [0.2, 0.25) is 0 Å². The van der Waals surface area contributed by atoms with E-state index in [1.54, 1.807) is 0 Å². The Labute approximate surface area is 448 Å². The molecule has 0 bridgehead atoms. The monoisotopic (exact) mass is 1100 g/mol. The van der Waals surface area contributed by atoms with Gasteiger partial charge in [-0.2, -0.15) is 0 Å². The third-order valence-corrected chi connectivity index (χ3v) is 35.9. The van der Waals surface area contributed by atoms with Gasteiger partial charge in [0.15, 0.2) is 0 Å². The smallest absolute Gasteiger partial charge is 0.0615 e. The fourth-order valence-electron chi connectivity index (χ4n) is 12.3. The van der Waals surface area contributed by atoms with Crippen molar-refractivity contribution in [1.29, 1.82) is 0 Å². The molecule has 12 aromatic rings. The molecule has 2 aliphatic rings. The third-order valence-electron chi connectivity index (χ3n) is 15.5. The van der Waals surface area contributed by atoms with Gasteiger partial charge >= 0.3 is 434 Å². The zero-order valence-electron chi connectivity index (χ0n) is 41.5. The Hall–Kier alpha value is -8.88. The van der Waals surface area contributed by atoms with E-state index in [9.17, 15) is 0 Å². The van der Waals surface area contributed by atoms with Crippen LogP contribution < -0.4 is 45.0 Å². The van der Waals surface area contributed by atoms with Gasteiger partial charge in [0.05, 0.1) is 0 Å². The molecule has 0 atom stereocenters. The Kier molecular flexibility index (Phi) is 11.5. The van der Waals surface area contributed by atoms with Crippen LogP contribution >= 0.6 is 0 Å². The predicted octanol–water partition coefficient (Wildman–Crippen LogP) is 11.2. The van der Waals surface area contributed by atoms with Crippen LogP contribution in [0.3, 0.4) is 0 Å². The van der Waals surface area contributed by atoms with E-state index in [1.807, 2.05) is 30.3 Å². The fourth-order valence-corrected chi connectivity index (χ4v) is 33.8. The number of nitrogens with zero attached hydrogens (tertiary/aromatic N) is 5. The standard InChI is InChI=1S/C69H49Ge2N5/c1-6-24-52(25-7-1)69-72-67(50-42-46-57(47-43-50)75-63-38-20-16-34-59(63)70(53-26-8-2-9-27-53,54-28-10-3-11-29-54)60-35-17-21-39-64(60)75)68(73-74-69)51-44-48-58(49-45-51)76-65-40-22-18-36-61(65)71(55-30-12-4-13-31-55,56-32-14-5-15-33-56)62-37-19-23-41-66(62)76/h1-49H. The minimum atomic E-state index is -3.52. The molecule has 0 radical (unpaired) electrons. The van der Waals surface area contributed by atoms with Crippen LogP contribution in [0.25, 0.3) is 33.9 Å². The van der Waals surface area contributed by atoms with Crippen molar-refractivity contribution in [1.82, 2.24) is 15.2 Å². The summed E-state index contributed by atoms with van der Waals surface area (Å²) in [6, 6.07) is 109. The Morgan fingerprint density at radius 1 is 0.237 bits per heavy atom. The van der Waals surface area contributed by atoms with E-state index in [1.165, 1.54) is 57.9 Å². The second-order valence-electron chi connectivity index (χ2n) is 19.5. The SMILES string of the molecule is c1ccc(-c2nnc(-c3ccc(N4c5cccc[c]5[Ge]([c]5ccccc5)([c]5ccccc5)[c]5ccccc54)cc3)c(-c3ccc(N4c5cccc[c]5[Ge]([c]5ccccc5)([c]5ccccc5)[c]5ccccc54)cc3)n2)cc1. The number of para-hydroxylation sites is 4. The first-order valence-electron chi connectivity index (χ1n) is 25.9. The Balaban J connectivity index is 0.880. The molecule has 0 N–H and O–H groups in total. The van der Waals surface area contributed by atoms with Gasteiger partial charge < -0.3 is 0 Å². The van der Waals surface area contributed by atoms with Gasteiger partial charge in [0.25, 0.3) is 0 Å². The number of aromatic nitrogens is 3. The van der Waals surface area contributed by atoms with Crippen molar-refractivity contribution in [3.05, 3.63) is 297 Å². The first kappa shape index (κ1) is 45.7. The molecule has 76 heavy (non-hydrogen) atoms. The summed E-state index contributed by atoms with van der Waals surface area (Å²) in [5.41, 5.74) is 11.3. The summed E-state index contributed by atoms with van der Waals surface area (Å²) in [7, 11) is 0. The van der Waals surface area contributed by atoms with Crippen LogP contribution in [0.2, 0.25) is 0 Å². The molecule has 0 aliphatic carbocycles. The van der Waals surface area contributed by atoms with Crippen molar-refractivity contribution >= 4 is 95.8 Å². The molecule has 0 fully saturated rings. The molecule has 3 heterocycles. The predicted molar refractivity (Wildman–Crippen MR) is 320 cm³/mol. The molecule has 11 aromatic carbocycles. The summed E-state index contributed by atoms with van der Waals surface area (Å²) in [6.07, 6.45) is 0. The summed E-state index contributed by atoms with van der Waals surface area (Å²) in [6.45, 7) is 0. The number of benzene rings is 11. The molecule has 1 aromatic heterocycles. The Morgan fingerprint density at radius 3 is 0.868 bits per heavy atom. The zero-order valence-corrected chi connectivity index (χ0v) is 45.7. The van der Waals surface area contributed by atoms with Gasteiger partial charge in [-0.25, -0.2) is 0 Å². The van der Waals surface area contributed by atoms with E-state index in [-0.39, 0.29) is 0 Å². The third kappa shape index (κ3) is 7.25. The summed E-state index contributed by atoms with van der Waals surface area (Å²) >= 11 is -7.04. The number of hydrogen-bond acceptors (Lipinski definition) is 5. The van der Waals surface area contributed by atoms with Crippen molar-refractivity contribution in [2.75, 3.05) is 9.80 Å². The number of anilines is 6. The molecule has 0 saturated carbocycles. The van der Waals surface area contributed by atoms with Crippen molar-refractivity contribution in [3.63, 3.8) is 0 Å². The summed E-state index contributed by atoms with van der Waals surface area (Å²) < 4.78 is 11.3. The van der Waals surface area contributed by atoms with E-state index in [2.05, 4.69) is 277 Å². The average Bonchev–Trinajstić information content (AvgIpc) is 3.58. The van der Waals surface area contributed by atoms with Gasteiger partial charge in [-0.05, 0) is 0 Å². The van der Waals surface area contributed by atoms with Crippen LogP contribution in [0.5, 0.6) is 0 Å². The normalized spacial score (nSPS) is 13.7. The van der Waals surface area contributed by atoms with Crippen LogP contribution in [0, 0.1) is 0 Å². The molecule has 358 valence electrons. The van der Waals surface area contributed by atoms with Gasteiger partial charge in [-0.3, -0.25) is 0 Å². The topological polar surface area (TPSA) is 45.2 Å². The number of fused-ring (bicyclic) bond motifs is 4. The molecule has 0 amide bonds. The molecule has 0 saturated heterocycles. The maximum atomic E-state index is 5.35. The first-order chi connectivity index (χ1) is 37.7. The van der Waals surface area contributed by atoms with Crippen molar-refractivity contribution in [3.8, 4) is 33.9 Å². The van der Waals surface area contributed by atoms with E-state index in [4.69, 9.17) is 15.2 Å². The second-order valence-corrected chi connectivity index (χ2v) is 35.2. The summed E-state index contributed by atoms with van der Waals surface area (Å²) in [5.74, 6) is 0.580. The maximum absolute atomic E-state index is 5.35.